The molecule has 4 amide bonds. The zero-order valence-corrected chi connectivity index (χ0v) is 20.7. The third-order valence-electron chi connectivity index (χ3n) is 7.72. The number of benzene rings is 1. The number of piperidine rings is 3. The molecule has 0 bridgehead atoms. The van der Waals surface area contributed by atoms with E-state index in [-0.39, 0.29) is 31.2 Å². The van der Waals surface area contributed by atoms with Gasteiger partial charge >= 0.3 is 0 Å². The lowest BCUT2D eigenvalue weighted by atomic mass is 9.93. The Balaban J connectivity index is 0.00000289. The number of imide groups is 2. The van der Waals surface area contributed by atoms with Gasteiger partial charge in [0.1, 0.15) is 6.04 Å². The van der Waals surface area contributed by atoms with E-state index in [0.717, 1.165) is 62.1 Å². The average molecular weight is 504 g/mol. The lowest BCUT2D eigenvalue weighted by Crippen LogP contribution is -2.54. The van der Waals surface area contributed by atoms with E-state index in [2.05, 4.69) is 20.9 Å². The van der Waals surface area contributed by atoms with Gasteiger partial charge in [0.25, 0.3) is 11.8 Å². The highest BCUT2D eigenvalue weighted by Crippen LogP contribution is 2.30. The highest BCUT2D eigenvalue weighted by molar-refractivity contribution is 6.23. The van der Waals surface area contributed by atoms with Crippen molar-refractivity contribution < 1.29 is 19.2 Å². The first-order chi connectivity index (χ1) is 16.5. The molecule has 9 nitrogen and oxygen atoms in total. The molecule has 4 aliphatic rings. The van der Waals surface area contributed by atoms with Crippen molar-refractivity contribution in [3.8, 4) is 0 Å². The van der Waals surface area contributed by atoms with Gasteiger partial charge < -0.3 is 15.5 Å². The Bertz CT molecular complexity index is 988. The summed E-state index contributed by atoms with van der Waals surface area (Å²) in [7, 11) is 0. The van der Waals surface area contributed by atoms with Crippen LogP contribution in [0.1, 0.15) is 59.2 Å². The summed E-state index contributed by atoms with van der Waals surface area (Å²) in [6, 6.07) is 4.26. The standard InChI is InChI=1S/C25H33N5O4.ClH/c31-22-4-3-21(23(32)28-22)30-24(33)19-2-1-18(13-20(19)25(30)34)27-14-16-7-11-29(12-8-16)15-17-5-9-26-10-6-17;/h1-2,13,16-17,21,26-27H,3-12,14-15H2,(H,28,31,32);1H. The molecule has 3 N–H and O–H groups in total. The Hall–Kier alpha value is -2.49. The van der Waals surface area contributed by atoms with Crippen molar-refractivity contribution in [2.45, 2.75) is 44.6 Å². The van der Waals surface area contributed by atoms with Gasteiger partial charge in [-0.2, -0.15) is 0 Å². The lowest BCUT2D eigenvalue weighted by molar-refractivity contribution is -0.136. The normalized spacial score (nSPS) is 24.2. The fraction of sp³-hybridized carbons (Fsp3) is 0.600. The Kier molecular flexibility index (Phi) is 8.09. The molecule has 1 atom stereocenters. The number of fused-ring (bicyclic) bond motifs is 1. The molecule has 10 heteroatoms. The van der Waals surface area contributed by atoms with Crippen molar-refractivity contribution in [1.29, 1.82) is 0 Å². The lowest BCUT2D eigenvalue weighted by Gasteiger charge is -2.35. The van der Waals surface area contributed by atoms with Crippen LogP contribution in [0.5, 0.6) is 0 Å². The second kappa shape index (κ2) is 11.1. The maximum absolute atomic E-state index is 13.0. The van der Waals surface area contributed by atoms with E-state index in [9.17, 15) is 19.2 Å². The van der Waals surface area contributed by atoms with Gasteiger partial charge in [-0.25, -0.2) is 0 Å². The fourth-order valence-electron chi connectivity index (χ4n) is 5.65. The molecule has 0 aliphatic carbocycles. The predicted octanol–water partition coefficient (Wildman–Crippen LogP) is 1.63. The molecule has 0 aromatic heterocycles. The van der Waals surface area contributed by atoms with Gasteiger partial charge in [-0.3, -0.25) is 29.4 Å². The molecule has 4 heterocycles. The Morgan fingerprint density at radius 3 is 2.31 bits per heavy atom. The molecule has 5 rings (SSSR count). The number of rotatable bonds is 6. The molecule has 0 spiro atoms. The van der Waals surface area contributed by atoms with Gasteiger partial charge in [0.2, 0.25) is 11.8 Å². The van der Waals surface area contributed by atoms with Gasteiger partial charge in [0.15, 0.2) is 0 Å². The molecule has 35 heavy (non-hydrogen) atoms. The number of anilines is 1. The zero-order chi connectivity index (χ0) is 23.7. The minimum Gasteiger partial charge on any atom is -0.385 e. The second-order valence-electron chi connectivity index (χ2n) is 10.0. The van der Waals surface area contributed by atoms with Gasteiger partial charge in [-0.05, 0) is 88.3 Å². The van der Waals surface area contributed by atoms with Crippen LogP contribution in [-0.2, 0) is 9.59 Å². The number of carbonyl (C=O) groups is 4. The quantitative estimate of drug-likeness (QED) is 0.506. The highest BCUT2D eigenvalue weighted by Gasteiger charge is 2.44. The molecule has 0 radical (unpaired) electrons. The van der Waals surface area contributed by atoms with Crippen LogP contribution in [0.15, 0.2) is 18.2 Å². The number of amides is 4. The summed E-state index contributed by atoms with van der Waals surface area (Å²) in [6.07, 6.45) is 5.15. The Morgan fingerprint density at radius 1 is 0.886 bits per heavy atom. The van der Waals surface area contributed by atoms with Gasteiger partial charge in [0.05, 0.1) is 11.1 Å². The molecule has 190 valence electrons. The maximum atomic E-state index is 13.0. The molecular weight excluding hydrogens is 470 g/mol. The average Bonchev–Trinajstić information content (AvgIpc) is 3.09. The van der Waals surface area contributed by atoms with Crippen LogP contribution < -0.4 is 16.0 Å². The summed E-state index contributed by atoms with van der Waals surface area (Å²) in [4.78, 5) is 53.1. The summed E-state index contributed by atoms with van der Waals surface area (Å²) in [5.74, 6) is -0.499. The second-order valence-corrected chi connectivity index (χ2v) is 10.0. The van der Waals surface area contributed by atoms with Crippen molar-refractivity contribution in [1.82, 2.24) is 20.4 Å². The predicted molar refractivity (Wildman–Crippen MR) is 134 cm³/mol. The molecule has 3 fully saturated rings. The summed E-state index contributed by atoms with van der Waals surface area (Å²) in [5, 5.41) is 9.11. The first kappa shape index (κ1) is 25.6. The third kappa shape index (κ3) is 5.52. The van der Waals surface area contributed by atoms with Crippen molar-refractivity contribution in [2.75, 3.05) is 44.6 Å². The van der Waals surface area contributed by atoms with E-state index >= 15 is 0 Å². The van der Waals surface area contributed by atoms with E-state index in [1.165, 1.54) is 19.4 Å². The molecule has 1 unspecified atom stereocenters. The monoisotopic (exact) mass is 503 g/mol. The SMILES string of the molecule is Cl.O=C1CCC(N2C(=O)c3ccc(NCC4CCN(CC5CCNCC5)CC4)cc3C2=O)C(=O)N1. The summed E-state index contributed by atoms with van der Waals surface area (Å²) < 4.78 is 0. The van der Waals surface area contributed by atoms with E-state index in [1.54, 1.807) is 12.1 Å². The van der Waals surface area contributed by atoms with Crippen molar-refractivity contribution in [2.24, 2.45) is 11.8 Å². The molecule has 3 saturated heterocycles. The number of nitrogens with one attached hydrogen (secondary N) is 3. The molecule has 1 aromatic carbocycles. The first-order valence-corrected chi connectivity index (χ1v) is 12.5. The van der Waals surface area contributed by atoms with Crippen LogP contribution in [-0.4, -0.2) is 78.7 Å². The van der Waals surface area contributed by atoms with Gasteiger partial charge in [0, 0.05) is 25.2 Å². The molecule has 1 aromatic rings. The fourth-order valence-corrected chi connectivity index (χ4v) is 5.65. The summed E-state index contributed by atoms with van der Waals surface area (Å²) in [5.41, 5.74) is 1.44. The topological polar surface area (TPSA) is 111 Å². The van der Waals surface area contributed by atoms with Crippen molar-refractivity contribution in [3.05, 3.63) is 29.3 Å². The number of likely N-dealkylation sites (tertiary alicyclic amines) is 1. The molecular formula is C25H34ClN5O4. The first-order valence-electron chi connectivity index (χ1n) is 12.5. The number of nitrogens with zero attached hydrogens (tertiary/aromatic N) is 2. The Labute approximate surface area is 211 Å². The largest absolute Gasteiger partial charge is 0.385 e. The van der Waals surface area contributed by atoms with Crippen LogP contribution in [0, 0.1) is 11.8 Å². The van der Waals surface area contributed by atoms with Crippen LogP contribution in [0.4, 0.5) is 5.69 Å². The summed E-state index contributed by atoms with van der Waals surface area (Å²) in [6.45, 7) is 6.60. The van der Waals surface area contributed by atoms with E-state index < -0.39 is 23.8 Å². The summed E-state index contributed by atoms with van der Waals surface area (Å²) >= 11 is 0. The smallest absolute Gasteiger partial charge is 0.262 e. The van der Waals surface area contributed by atoms with E-state index in [0.29, 0.717) is 17.0 Å². The Morgan fingerprint density at radius 2 is 1.60 bits per heavy atom. The molecule has 4 aliphatic heterocycles. The van der Waals surface area contributed by atoms with Crippen LogP contribution in [0.25, 0.3) is 0 Å². The minimum atomic E-state index is -0.934. The van der Waals surface area contributed by atoms with Crippen LogP contribution in [0.2, 0.25) is 0 Å². The number of hydrogen-bond donors (Lipinski definition) is 3. The maximum Gasteiger partial charge on any atom is 0.262 e. The van der Waals surface area contributed by atoms with Crippen LogP contribution in [0.3, 0.4) is 0 Å². The number of carbonyl (C=O) groups excluding carboxylic acids is 4. The van der Waals surface area contributed by atoms with Gasteiger partial charge in [-0.1, -0.05) is 0 Å². The van der Waals surface area contributed by atoms with E-state index in [1.807, 2.05) is 6.07 Å². The third-order valence-corrected chi connectivity index (χ3v) is 7.72. The van der Waals surface area contributed by atoms with Crippen molar-refractivity contribution in [3.63, 3.8) is 0 Å². The number of hydrogen-bond acceptors (Lipinski definition) is 7. The van der Waals surface area contributed by atoms with Crippen LogP contribution >= 0.6 is 12.4 Å². The minimum absolute atomic E-state index is 0. The zero-order valence-electron chi connectivity index (χ0n) is 19.9. The molecule has 0 saturated carbocycles. The van der Waals surface area contributed by atoms with Crippen molar-refractivity contribution >= 4 is 41.7 Å². The van der Waals surface area contributed by atoms with Gasteiger partial charge in [-0.15, -0.1) is 12.4 Å². The number of halogens is 1. The van der Waals surface area contributed by atoms with E-state index in [4.69, 9.17) is 0 Å². The highest BCUT2D eigenvalue weighted by atomic mass is 35.5.